The first-order valence-corrected chi connectivity index (χ1v) is 8.35. The minimum Gasteiger partial charge on any atom is -0.324 e. The van der Waals surface area contributed by atoms with Crippen LogP contribution >= 0.6 is 0 Å². The van der Waals surface area contributed by atoms with E-state index in [1.54, 1.807) is 0 Å². The molecule has 2 aromatic heterocycles. The molecule has 1 N–H and O–H groups in total. The van der Waals surface area contributed by atoms with Crippen LogP contribution in [0.25, 0.3) is 11.0 Å². The van der Waals surface area contributed by atoms with E-state index in [2.05, 4.69) is 15.4 Å². The number of nitrogens with one attached hydrogen (secondary N) is 1. The van der Waals surface area contributed by atoms with Crippen molar-refractivity contribution in [3.8, 4) is 0 Å². The molecule has 0 aliphatic carbocycles. The zero-order valence-electron chi connectivity index (χ0n) is 15.4. The number of aromatic nitrogens is 3. The highest BCUT2D eigenvalue weighted by atomic mass is 19.4. The van der Waals surface area contributed by atoms with Crippen LogP contribution in [0.3, 0.4) is 0 Å². The quantitative estimate of drug-likeness (QED) is 0.741. The molecule has 8 heteroatoms. The van der Waals surface area contributed by atoms with Crippen LogP contribution in [-0.4, -0.2) is 20.7 Å². The predicted octanol–water partition coefficient (Wildman–Crippen LogP) is 4.32. The summed E-state index contributed by atoms with van der Waals surface area (Å²) in [5.41, 5.74) is 2.20. The summed E-state index contributed by atoms with van der Waals surface area (Å²) in [5, 5.41) is 6.83. The van der Waals surface area contributed by atoms with Gasteiger partial charge in [-0.05, 0) is 51.0 Å². The van der Waals surface area contributed by atoms with Gasteiger partial charge in [0.2, 0.25) is 5.91 Å². The van der Waals surface area contributed by atoms with Gasteiger partial charge in [0.25, 0.3) is 0 Å². The zero-order valence-corrected chi connectivity index (χ0v) is 15.4. The summed E-state index contributed by atoms with van der Waals surface area (Å²) >= 11 is 0. The van der Waals surface area contributed by atoms with Gasteiger partial charge < -0.3 is 5.32 Å². The van der Waals surface area contributed by atoms with Gasteiger partial charge in [-0.1, -0.05) is 12.1 Å². The molecule has 0 saturated carbocycles. The molecule has 2 heterocycles. The van der Waals surface area contributed by atoms with Crippen molar-refractivity contribution in [3.05, 3.63) is 52.3 Å². The monoisotopic (exact) mass is 376 g/mol. The number of alkyl halides is 3. The van der Waals surface area contributed by atoms with Crippen molar-refractivity contribution in [3.63, 3.8) is 0 Å². The first-order valence-electron chi connectivity index (χ1n) is 8.35. The van der Waals surface area contributed by atoms with Gasteiger partial charge in [-0.15, -0.1) is 0 Å². The fraction of sp³-hybridized carbons (Fsp3) is 0.316. The molecule has 3 rings (SSSR count). The van der Waals surface area contributed by atoms with Gasteiger partial charge in [0.1, 0.15) is 6.54 Å². The number of hydrogen-bond acceptors (Lipinski definition) is 3. The predicted molar refractivity (Wildman–Crippen MR) is 96.5 cm³/mol. The number of nitrogens with zero attached hydrogens (tertiary/aromatic N) is 3. The second kappa shape index (κ2) is 6.68. The first kappa shape index (κ1) is 18.9. The van der Waals surface area contributed by atoms with Gasteiger partial charge in [0, 0.05) is 11.4 Å². The summed E-state index contributed by atoms with van der Waals surface area (Å²) < 4.78 is 41.3. The fourth-order valence-corrected chi connectivity index (χ4v) is 3.01. The summed E-state index contributed by atoms with van der Waals surface area (Å²) in [6.07, 6.45) is -4.52. The largest absolute Gasteiger partial charge is 0.417 e. The SMILES string of the molecule is Cc1ccc(C)c(NC(=O)Cn2nc(C)c3c(C(F)(F)F)cc(C)nc32)c1. The normalized spacial score (nSPS) is 11.8. The van der Waals surface area contributed by atoms with Gasteiger partial charge in [-0.2, -0.15) is 18.3 Å². The van der Waals surface area contributed by atoms with Crippen molar-refractivity contribution >= 4 is 22.6 Å². The Morgan fingerprint density at radius 2 is 1.85 bits per heavy atom. The third-order valence-electron chi connectivity index (χ3n) is 4.27. The van der Waals surface area contributed by atoms with Crippen molar-refractivity contribution in [1.29, 1.82) is 0 Å². The van der Waals surface area contributed by atoms with E-state index in [0.29, 0.717) is 5.69 Å². The molecule has 0 unspecified atom stereocenters. The lowest BCUT2D eigenvalue weighted by Gasteiger charge is -2.11. The van der Waals surface area contributed by atoms with Crippen molar-refractivity contribution in [2.45, 2.75) is 40.4 Å². The topological polar surface area (TPSA) is 59.8 Å². The van der Waals surface area contributed by atoms with Crippen LogP contribution < -0.4 is 5.32 Å². The average molecular weight is 376 g/mol. The van der Waals surface area contributed by atoms with Crippen LogP contribution in [0.5, 0.6) is 0 Å². The maximum atomic E-state index is 13.4. The smallest absolute Gasteiger partial charge is 0.324 e. The second-order valence-corrected chi connectivity index (χ2v) is 6.62. The fourth-order valence-electron chi connectivity index (χ4n) is 3.01. The molecule has 1 amide bonds. The number of aryl methyl sites for hydroxylation is 4. The van der Waals surface area contributed by atoms with E-state index in [4.69, 9.17) is 0 Å². The molecule has 0 radical (unpaired) electrons. The highest BCUT2D eigenvalue weighted by Crippen LogP contribution is 2.36. The van der Waals surface area contributed by atoms with Gasteiger partial charge >= 0.3 is 6.18 Å². The van der Waals surface area contributed by atoms with E-state index in [1.165, 1.54) is 18.5 Å². The molecule has 1 aromatic carbocycles. The molecule has 0 aliphatic heterocycles. The minimum atomic E-state index is -4.52. The lowest BCUT2D eigenvalue weighted by Crippen LogP contribution is -2.20. The van der Waals surface area contributed by atoms with E-state index < -0.39 is 11.7 Å². The van der Waals surface area contributed by atoms with Crippen LogP contribution in [0, 0.1) is 27.7 Å². The van der Waals surface area contributed by atoms with Gasteiger partial charge in [-0.25, -0.2) is 9.67 Å². The molecule has 0 saturated heterocycles. The van der Waals surface area contributed by atoms with Gasteiger partial charge in [0.05, 0.1) is 16.6 Å². The summed E-state index contributed by atoms with van der Waals surface area (Å²) in [4.78, 5) is 16.6. The highest BCUT2D eigenvalue weighted by Gasteiger charge is 2.35. The Kier molecular flexibility index (Phi) is 4.67. The van der Waals surface area contributed by atoms with Crippen molar-refractivity contribution in [1.82, 2.24) is 14.8 Å². The van der Waals surface area contributed by atoms with Gasteiger partial charge in [-0.3, -0.25) is 4.79 Å². The number of fused-ring (bicyclic) bond motifs is 1. The zero-order chi connectivity index (χ0) is 19.9. The standard InChI is InChI=1S/C19H19F3N4O/c1-10-5-6-11(2)15(7-10)24-16(27)9-26-18-17(13(4)25-26)14(19(20,21)22)8-12(3)23-18/h5-8H,9H2,1-4H3,(H,24,27). The number of benzene rings is 1. The lowest BCUT2D eigenvalue weighted by atomic mass is 10.1. The van der Waals surface area contributed by atoms with Crippen molar-refractivity contribution in [2.75, 3.05) is 5.32 Å². The molecule has 0 atom stereocenters. The Labute approximate surface area is 154 Å². The summed E-state index contributed by atoms with van der Waals surface area (Å²) in [7, 11) is 0. The van der Waals surface area contributed by atoms with Crippen LogP contribution in [0.2, 0.25) is 0 Å². The Bertz CT molecular complexity index is 1040. The number of amides is 1. The summed E-state index contributed by atoms with van der Waals surface area (Å²) in [5.74, 6) is -0.384. The number of hydrogen-bond donors (Lipinski definition) is 1. The molecule has 0 bridgehead atoms. The number of anilines is 1. The van der Waals surface area contributed by atoms with Crippen LogP contribution in [-0.2, 0) is 17.5 Å². The molecule has 0 aliphatic rings. The third kappa shape index (κ3) is 3.79. The van der Waals surface area contributed by atoms with E-state index in [-0.39, 0.29) is 34.9 Å². The molecule has 5 nitrogen and oxygen atoms in total. The average Bonchev–Trinajstić information content (AvgIpc) is 2.85. The van der Waals surface area contributed by atoms with E-state index in [9.17, 15) is 18.0 Å². The third-order valence-corrected chi connectivity index (χ3v) is 4.27. The minimum absolute atomic E-state index is 0.0518. The van der Waals surface area contributed by atoms with Crippen LogP contribution in [0.1, 0.15) is 28.1 Å². The van der Waals surface area contributed by atoms with Crippen LogP contribution in [0.4, 0.5) is 18.9 Å². The van der Waals surface area contributed by atoms with Crippen molar-refractivity contribution < 1.29 is 18.0 Å². The second-order valence-electron chi connectivity index (χ2n) is 6.62. The Morgan fingerprint density at radius 1 is 1.15 bits per heavy atom. The Hall–Kier alpha value is -2.90. The summed E-state index contributed by atoms with van der Waals surface area (Å²) in [6.45, 7) is 6.50. The number of carbonyl (C=O) groups is 1. The van der Waals surface area contributed by atoms with Crippen molar-refractivity contribution in [2.24, 2.45) is 0 Å². The van der Waals surface area contributed by atoms with E-state index in [1.807, 2.05) is 32.0 Å². The first-order chi connectivity index (χ1) is 12.6. The molecule has 142 valence electrons. The molecular weight excluding hydrogens is 357 g/mol. The Morgan fingerprint density at radius 3 is 2.52 bits per heavy atom. The molecule has 0 fully saturated rings. The van der Waals surface area contributed by atoms with E-state index >= 15 is 0 Å². The van der Waals surface area contributed by atoms with Gasteiger partial charge in [0.15, 0.2) is 5.65 Å². The maximum Gasteiger partial charge on any atom is 0.417 e. The van der Waals surface area contributed by atoms with E-state index in [0.717, 1.165) is 17.2 Å². The summed E-state index contributed by atoms with van der Waals surface area (Å²) in [6, 6.07) is 6.65. The number of carbonyl (C=O) groups excluding carboxylic acids is 1. The molecular formula is C19H19F3N4O. The maximum absolute atomic E-state index is 13.4. The lowest BCUT2D eigenvalue weighted by molar-refractivity contribution is -0.136. The molecule has 0 spiro atoms. The number of rotatable bonds is 3. The number of halogens is 3. The Balaban J connectivity index is 1.97. The number of pyridine rings is 1. The van der Waals surface area contributed by atoms with Crippen LogP contribution in [0.15, 0.2) is 24.3 Å². The highest BCUT2D eigenvalue weighted by molar-refractivity contribution is 5.92. The molecule has 27 heavy (non-hydrogen) atoms. The molecule has 3 aromatic rings.